The van der Waals surface area contributed by atoms with Crippen LogP contribution in [-0.4, -0.2) is 40.3 Å². The van der Waals surface area contributed by atoms with Gasteiger partial charge in [0.15, 0.2) is 6.10 Å². The zero-order chi connectivity index (χ0) is 19.3. The number of aliphatic hydroxyl groups is 1. The van der Waals surface area contributed by atoms with E-state index in [-0.39, 0.29) is 0 Å². The van der Waals surface area contributed by atoms with E-state index in [0.29, 0.717) is 18.3 Å². The van der Waals surface area contributed by atoms with Crippen molar-refractivity contribution in [2.24, 2.45) is 17.3 Å². The second kappa shape index (κ2) is 6.22. The van der Waals surface area contributed by atoms with E-state index in [2.05, 4.69) is 10.6 Å². The number of nitrogens with one attached hydrogen (secondary N) is 2. The molecule has 0 radical (unpaired) electrons. The fourth-order valence-corrected chi connectivity index (χ4v) is 5.38. The van der Waals surface area contributed by atoms with Crippen molar-refractivity contribution < 1.29 is 24.2 Å². The minimum atomic E-state index is -1.06. The first-order chi connectivity index (χ1) is 11.9. The van der Waals surface area contributed by atoms with Crippen LogP contribution in [0.2, 0.25) is 0 Å². The summed E-state index contributed by atoms with van der Waals surface area (Å²) in [6.45, 7) is 6.88. The lowest BCUT2D eigenvalue weighted by molar-refractivity contribution is -0.199. The van der Waals surface area contributed by atoms with Gasteiger partial charge in [-0.15, -0.1) is 0 Å². The van der Waals surface area contributed by atoms with Gasteiger partial charge in [0.1, 0.15) is 0 Å². The molecule has 4 fully saturated rings. The van der Waals surface area contributed by atoms with Gasteiger partial charge in [-0.1, -0.05) is 0 Å². The van der Waals surface area contributed by atoms with Crippen molar-refractivity contribution in [3.8, 4) is 0 Å². The molecule has 0 heterocycles. The summed E-state index contributed by atoms with van der Waals surface area (Å²) in [7, 11) is 0. The molecule has 0 spiro atoms. The second-order valence-corrected chi connectivity index (χ2v) is 9.71. The average Bonchev–Trinajstić information content (AvgIpc) is 2.41. The molecule has 4 rings (SSSR count). The van der Waals surface area contributed by atoms with Crippen LogP contribution < -0.4 is 10.6 Å². The van der Waals surface area contributed by atoms with E-state index >= 15 is 0 Å². The van der Waals surface area contributed by atoms with E-state index in [9.17, 15) is 19.5 Å². The highest BCUT2D eigenvalue weighted by Gasteiger charge is 2.61. The Morgan fingerprint density at radius 1 is 1.12 bits per heavy atom. The summed E-state index contributed by atoms with van der Waals surface area (Å²) in [5.41, 5.74) is -1.92. The van der Waals surface area contributed by atoms with Gasteiger partial charge in [0.25, 0.3) is 5.91 Å². The fourth-order valence-electron chi connectivity index (χ4n) is 5.38. The van der Waals surface area contributed by atoms with Gasteiger partial charge >= 0.3 is 12.0 Å². The summed E-state index contributed by atoms with van der Waals surface area (Å²) in [5.74, 6) is -0.349. The van der Waals surface area contributed by atoms with Crippen LogP contribution >= 0.6 is 0 Å². The van der Waals surface area contributed by atoms with Crippen LogP contribution in [0.3, 0.4) is 0 Å². The summed E-state index contributed by atoms with van der Waals surface area (Å²) in [4.78, 5) is 36.8. The highest BCUT2D eigenvalue weighted by molar-refractivity contribution is 5.97. The highest BCUT2D eigenvalue weighted by atomic mass is 16.5. The Kier molecular flexibility index (Phi) is 4.58. The number of rotatable bonds is 3. The highest BCUT2D eigenvalue weighted by Crippen LogP contribution is 2.62. The zero-order valence-corrected chi connectivity index (χ0v) is 16.1. The smallest absolute Gasteiger partial charge is 0.321 e. The van der Waals surface area contributed by atoms with Gasteiger partial charge in [0.2, 0.25) is 0 Å². The third kappa shape index (κ3) is 3.87. The number of amides is 3. The van der Waals surface area contributed by atoms with Gasteiger partial charge in [-0.2, -0.15) is 0 Å². The Morgan fingerprint density at radius 2 is 1.69 bits per heavy atom. The van der Waals surface area contributed by atoms with Crippen molar-refractivity contribution in [2.45, 2.75) is 83.5 Å². The molecule has 0 saturated heterocycles. The molecule has 3 N–H and O–H groups in total. The third-order valence-electron chi connectivity index (χ3n) is 5.84. The van der Waals surface area contributed by atoms with Crippen molar-refractivity contribution in [1.29, 1.82) is 0 Å². The number of hydrogen-bond donors (Lipinski definition) is 3. The monoisotopic (exact) mass is 366 g/mol. The van der Waals surface area contributed by atoms with Gasteiger partial charge in [0, 0.05) is 5.54 Å². The summed E-state index contributed by atoms with van der Waals surface area (Å²) >= 11 is 0. The predicted octanol–water partition coefficient (Wildman–Crippen LogP) is 1.87. The van der Waals surface area contributed by atoms with Crippen LogP contribution in [-0.2, 0) is 14.3 Å². The minimum absolute atomic E-state index is 0.357. The quantitative estimate of drug-likeness (QED) is 0.662. The molecule has 7 heteroatoms. The maximum atomic E-state index is 12.9. The molecule has 0 aromatic carbocycles. The largest absolute Gasteiger partial charge is 0.452 e. The van der Waals surface area contributed by atoms with Gasteiger partial charge in [-0.25, -0.2) is 4.79 Å². The molecule has 146 valence electrons. The van der Waals surface area contributed by atoms with E-state index in [1.165, 1.54) is 6.92 Å². The molecule has 7 nitrogen and oxygen atoms in total. The van der Waals surface area contributed by atoms with Crippen LogP contribution in [0.15, 0.2) is 0 Å². The van der Waals surface area contributed by atoms with Gasteiger partial charge in [0.05, 0.1) is 11.0 Å². The van der Waals surface area contributed by atoms with Crippen molar-refractivity contribution in [3.05, 3.63) is 0 Å². The van der Waals surface area contributed by atoms with Crippen molar-refractivity contribution in [1.82, 2.24) is 10.6 Å². The summed E-state index contributed by atoms with van der Waals surface area (Å²) in [5, 5.41) is 15.6. The average molecular weight is 366 g/mol. The van der Waals surface area contributed by atoms with Crippen LogP contribution in [0.5, 0.6) is 0 Å². The number of hydrogen-bond acceptors (Lipinski definition) is 5. The van der Waals surface area contributed by atoms with Crippen LogP contribution in [0.25, 0.3) is 0 Å². The third-order valence-corrected chi connectivity index (χ3v) is 5.84. The first kappa shape index (κ1) is 19.1. The van der Waals surface area contributed by atoms with Gasteiger partial charge < -0.3 is 15.2 Å². The number of esters is 1. The molecule has 4 aliphatic rings. The lowest BCUT2D eigenvalue weighted by Gasteiger charge is -2.58. The molecule has 0 aromatic heterocycles. The van der Waals surface area contributed by atoms with Crippen molar-refractivity contribution in [3.63, 3.8) is 0 Å². The van der Waals surface area contributed by atoms with E-state index in [1.54, 1.807) is 20.8 Å². The predicted molar refractivity (Wildman–Crippen MR) is 94.0 cm³/mol. The first-order valence-electron chi connectivity index (χ1n) is 9.46. The lowest BCUT2D eigenvalue weighted by Crippen LogP contribution is -2.59. The van der Waals surface area contributed by atoms with E-state index in [1.807, 2.05) is 0 Å². The molecular formula is C19H30N2O5. The van der Waals surface area contributed by atoms with E-state index in [0.717, 1.165) is 32.1 Å². The standard InChI is InChI=1S/C19H30N2O5/c1-11(14(22)20-16(24)21-17(2,3)4)26-15(23)18-6-12-5-13(7-18)9-19(25,8-12)10-18/h11-13,25H,5-10H2,1-4H3,(H2,20,21,22,24)/t11-,12+,13+,18?,19?/m1/s1. The van der Waals surface area contributed by atoms with E-state index in [4.69, 9.17) is 4.74 Å². The zero-order valence-electron chi connectivity index (χ0n) is 16.1. The molecule has 4 aliphatic carbocycles. The Hall–Kier alpha value is -1.63. The minimum Gasteiger partial charge on any atom is -0.452 e. The van der Waals surface area contributed by atoms with E-state index < -0.39 is 40.6 Å². The number of urea groups is 1. The van der Waals surface area contributed by atoms with Crippen molar-refractivity contribution >= 4 is 17.9 Å². The topological polar surface area (TPSA) is 105 Å². The number of imide groups is 1. The van der Waals surface area contributed by atoms with Crippen LogP contribution in [0.4, 0.5) is 4.79 Å². The molecule has 3 amide bonds. The fraction of sp³-hybridized carbons (Fsp3) is 0.842. The number of carbonyl (C=O) groups excluding carboxylic acids is 3. The Bertz CT molecular complexity index is 610. The summed E-state index contributed by atoms with van der Waals surface area (Å²) in [6, 6.07) is -0.616. The molecule has 4 saturated carbocycles. The number of carbonyl (C=O) groups is 3. The van der Waals surface area contributed by atoms with Gasteiger partial charge in [-0.3, -0.25) is 14.9 Å². The molecule has 0 aromatic rings. The van der Waals surface area contributed by atoms with Crippen LogP contribution in [0.1, 0.15) is 66.2 Å². The lowest BCUT2D eigenvalue weighted by atomic mass is 9.48. The maximum Gasteiger partial charge on any atom is 0.321 e. The molecule has 4 bridgehead atoms. The normalized spacial score (nSPS) is 36.3. The number of ether oxygens (including phenoxy) is 1. The Morgan fingerprint density at radius 3 is 2.19 bits per heavy atom. The van der Waals surface area contributed by atoms with Crippen LogP contribution in [0, 0.1) is 17.3 Å². The van der Waals surface area contributed by atoms with Gasteiger partial charge in [-0.05, 0) is 78.1 Å². The summed E-state index contributed by atoms with van der Waals surface area (Å²) < 4.78 is 5.43. The summed E-state index contributed by atoms with van der Waals surface area (Å²) in [6.07, 6.45) is 3.41. The van der Waals surface area contributed by atoms with Crippen molar-refractivity contribution in [2.75, 3.05) is 0 Å². The molecule has 0 aliphatic heterocycles. The molecular weight excluding hydrogens is 336 g/mol. The Balaban J connectivity index is 1.59. The molecule has 0 unspecified atom stereocenters. The first-order valence-corrected chi connectivity index (χ1v) is 9.46. The maximum absolute atomic E-state index is 12.9. The second-order valence-electron chi connectivity index (χ2n) is 9.71. The molecule has 3 atom stereocenters. The SMILES string of the molecule is C[C@@H](OC(=O)C12C[C@@H]3C[C@H](CC(O)(C3)C1)C2)C(=O)NC(=O)NC(C)(C)C. The molecule has 26 heavy (non-hydrogen) atoms. The Labute approximate surface area is 154 Å².